The van der Waals surface area contributed by atoms with E-state index in [0.29, 0.717) is 35.8 Å². The number of anilines is 1. The van der Waals surface area contributed by atoms with E-state index in [-0.39, 0.29) is 17.3 Å². The van der Waals surface area contributed by atoms with Crippen molar-refractivity contribution in [1.29, 1.82) is 0 Å². The van der Waals surface area contributed by atoms with Gasteiger partial charge < -0.3 is 9.80 Å². The molecule has 1 aromatic heterocycles. The Morgan fingerprint density at radius 3 is 2.81 bits per heavy atom. The second kappa shape index (κ2) is 6.51. The summed E-state index contributed by atoms with van der Waals surface area (Å²) in [6.45, 7) is 5.73. The van der Waals surface area contributed by atoms with Crippen molar-refractivity contribution in [2.75, 3.05) is 18.0 Å². The van der Waals surface area contributed by atoms with E-state index in [0.717, 1.165) is 18.5 Å². The highest BCUT2D eigenvalue weighted by Gasteiger charge is 2.49. The van der Waals surface area contributed by atoms with Gasteiger partial charge >= 0.3 is 0 Å². The van der Waals surface area contributed by atoms with Crippen molar-refractivity contribution in [3.63, 3.8) is 0 Å². The molecule has 2 aliphatic rings. The van der Waals surface area contributed by atoms with Crippen LogP contribution in [-0.4, -0.2) is 45.3 Å². The van der Waals surface area contributed by atoms with E-state index in [2.05, 4.69) is 23.8 Å². The summed E-state index contributed by atoms with van der Waals surface area (Å²) in [5.74, 6) is 0.0543. The highest BCUT2D eigenvalue weighted by atomic mass is 35.5. The quantitative estimate of drug-likeness (QED) is 0.784. The molecule has 2 fully saturated rings. The number of fused-ring (bicyclic) bond motifs is 1. The van der Waals surface area contributed by atoms with E-state index < -0.39 is 0 Å². The minimum Gasteiger partial charge on any atom is -0.363 e. The zero-order valence-electron chi connectivity index (χ0n) is 15.8. The molecule has 27 heavy (non-hydrogen) atoms. The molecule has 5 nitrogen and oxygen atoms in total. The molecule has 2 atom stereocenters. The first kappa shape index (κ1) is 18.3. The van der Waals surface area contributed by atoms with Gasteiger partial charge in [0.15, 0.2) is 0 Å². The summed E-state index contributed by atoms with van der Waals surface area (Å²) < 4.78 is 15.3. The van der Waals surface area contributed by atoms with Crippen LogP contribution in [-0.2, 0) is 7.05 Å². The highest BCUT2D eigenvalue weighted by molar-refractivity contribution is 6.33. The number of aryl methyl sites for hydroxylation is 1. The standard InChI is InChI=1S/C20H24ClFN4O/c1-20(2)10-13-12-25(19(27)18-16(21)11-23-24(18)3)8-7-17(13)26(20)15-6-4-5-14(22)9-15/h4-6,9,11,13,17H,7-8,10,12H2,1-3H3/t13-,17+/m1/s1. The molecule has 0 saturated carbocycles. The predicted octanol–water partition coefficient (Wildman–Crippen LogP) is 3.73. The number of amides is 1. The van der Waals surface area contributed by atoms with Crippen LogP contribution in [0.2, 0.25) is 5.02 Å². The third-order valence-electron chi connectivity index (χ3n) is 5.91. The van der Waals surface area contributed by atoms with E-state index in [1.165, 1.54) is 16.9 Å². The molecular formula is C20H24ClFN4O. The van der Waals surface area contributed by atoms with Crippen LogP contribution in [0.15, 0.2) is 30.5 Å². The number of nitrogens with zero attached hydrogens (tertiary/aromatic N) is 4. The third-order valence-corrected chi connectivity index (χ3v) is 6.19. The maximum Gasteiger partial charge on any atom is 0.273 e. The topological polar surface area (TPSA) is 41.4 Å². The Morgan fingerprint density at radius 2 is 2.15 bits per heavy atom. The van der Waals surface area contributed by atoms with Crippen molar-refractivity contribution in [2.24, 2.45) is 13.0 Å². The number of carbonyl (C=O) groups excluding carboxylic acids is 1. The number of carbonyl (C=O) groups is 1. The SMILES string of the molecule is Cn1ncc(Cl)c1C(=O)N1CC[C@H]2[C@@H](C1)CC(C)(C)N2c1cccc(F)c1. The lowest BCUT2D eigenvalue weighted by atomic mass is 9.89. The van der Waals surface area contributed by atoms with E-state index in [4.69, 9.17) is 11.6 Å². The molecular weight excluding hydrogens is 367 g/mol. The third kappa shape index (κ3) is 3.10. The van der Waals surface area contributed by atoms with Gasteiger partial charge in [0.1, 0.15) is 11.5 Å². The smallest absolute Gasteiger partial charge is 0.273 e. The fourth-order valence-electron chi connectivity index (χ4n) is 4.90. The maximum atomic E-state index is 13.8. The van der Waals surface area contributed by atoms with Gasteiger partial charge in [0.2, 0.25) is 0 Å². The maximum absolute atomic E-state index is 13.8. The van der Waals surface area contributed by atoms with Gasteiger partial charge in [-0.1, -0.05) is 17.7 Å². The van der Waals surface area contributed by atoms with Crippen LogP contribution >= 0.6 is 11.6 Å². The van der Waals surface area contributed by atoms with Crippen molar-refractivity contribution in [2.45, 2.75) is 38.3 Å². The number of halogens is 2. The van der Waals surface area contributed by atoms with Crippen LogP contribution in [0.25, 0.3) is 0 Å². The van der Waals surface area contributed by atoms with Gasteiger partial charge in [0, 0.05) is 37.4 Å². The lowest BCUT2D eigenvalue weighted by Crippen LogP contribution is -2.50. The second-order valence-electron chi connectivity index (χ2n) is 8.20. The number of hydrogen-bond donors (Lipinski definition) is 0. The van der Waals surface area contributed by atoms with Crippen LogP contribution in [0.3, 0.4) is 0 Å². The highest BCUT2D eigenvalue weighted by Crippen LogP contribution is 2.45. The molecule has 1 aromatic carbocycles. The molecule has 0 radical (unpaired) electrons. The summed E-state index contributed by atoms with van der Waals surface area (Å²) in [5, 5.41) is 4.46. The summed E-state index contributed by atoms with van der Waals surface area (Å²) in [7, 11) is 1.73. The van der Waals surface area contributed by atoms with Crippen molar-refractivity contribution >= 4 is 23.2 Å². The molecule has 1 amide bonds. The molecule has 0 unspecified atom stereocenters. The zero-order chi connectivity index (χ0) is 19.3. The molecule has 2 saturated heterocycles. The number of piperidine rings is 1. The van der Waals surface area contributed by atoms with Gasteiger partial charge in [-0.25, -0.2) is 4.39 Å². The monoisotopic (exact) mass is 390 g/mol. The Labute approximate surface area is 163 Å². The van der Waals surface area contributed by atoms with Crippen LogP contribution < -0.4 is 4.90 Å². The fraction of sp³-hybridized carbons (Fsp3) is 0.500. The Morgan fingerprint density at radius 1 is 1.37 bits per heavy atom. The van der Waals surface area contributed by atoms with E-state index in [1.807, 2.05) is 11.0 Å². The number of rotatable bonds is 2. The molecule has 4 rings (SSSR count). The van der Waals surface area contributed by atoms with Crippen molar-refractivity contribution in [3.8, 4) is 0 Å². The lowest BCUT2D eigenvalue weighted by molar-refractivity contribution is 0.0656. The number of aromatic nitrogens is 2. The molecule has 144 valence electrons. The largest absolute Gasteiger partial charge is 0.363 e. The van der Waals surface area contributed by atoms with Crippen molar-refractivity contribution < 1.29 is 9.18 Å². The second-order valence-corrected chi connectivity index (χ2v) is 8.61. The number of hydrogen-bond acceptors (Lipinski definition) is 3. The van der Waals surface area contributed by atoms with Gasteiger partial charge in [-0.3, -0.25) is 9.48 Å². The molecule has 0 N–H and O–H groups in total. The first-order valence-electron chi connectivity index (χ1n) is 9.29. The Bertz CT molecular complexity index is 861. The first-order chi connectivity index (χ1) is 12.8. The van der Waals surface area contributed by atoms with Crippen LogP contribution in [0.4, 0.5) is 10.1 Å². The fourth-order valence-corrected chi connectivity index (χ4v) is 5.15. The lowest BCUT2D eigenvalue weighted by Gasteiger charge is -2.41. The van der Waals surface area contributed by atoms with E-state index in [9.17, 15) is 9.18 Å². The summed E-state index contributed by atoms with van der Waals surface area (Å²) in [4.78, 5) is 17.2. The molecule has 2 aliphatic heterocycles. The average Bonchev–Trinajstić information content (AvgIpc) is 3.07. The number of likely N-dealkylation sites (tertiary alicyclic amines) is 1. The van der Waals surface area contributed by atoms with E-state index in [1.54, 1.807) is 19.2 Å². The molecule has 7 heteroatoms. The Balaban J connectivity index is 1.57. The minimum absolute atomic E-state index is 0.0690. The van der Waals surface area contributed by atoms with Crippen molar-refractivity contribution in [1.82, 2.24) is 14.7 Å². The predicted molar refractivity (Wildman–Crippen MR) is 104 cm³/mol. The number of benzene rings is 1. The van der Waals surface area contributed by atoms with Gasteiger partial charge in [0.05, 0.1) is 11.2 Å². The zero-order valence-corrected chi connectivity index (χ0v) is 16.6. The Hall–Kier alpha value is -2.08. The Kier molecular flexibility index (Phi) is 4.41. The van der Waals surface area contributed by atoms with Crippen LogP contribution in [0.5, 0.6) is 0 Å². The summed E-state index contributed by atoms with van der Waals surface area (Å²) in [6.07, 6.45) is 3.31. The molecule has 3 heterocycles. The molecule has 2 aromatic rings. The summed E-state index contributed by atoms with van der Waals surface area (Å²) in [6, 6.07) is 7.12. The van der Waals surface area contributed by atoms with Gasteiger partial charge in [-0.15, -0.1) is 0 Å². The van der Waals surface area contributed by atoms with Gasteiger partial charge in [0.25, 0.3) is 5.91 Å². The van der Waals surface area contributed by atoms with E-state index >= 15 is 0 Å². The first-order valence-corrected chi connectivity index (χ1v) is 9.67. The van der Waals surface area contributed by atoms with Crippen LogP contribution in [0.1, 0.15) is 37.2 Å². The van der Waals surface area contributed by atoms with Crippen LogP contribution in [0, 0.1) is 11.7 Å². The normalized spacial score (nSPS) is 24.2. The average molecular weight is 391 g/mol. The van der Waals surface area contributed by atoms with Crippen molar-refractivity contribution in [3.05, 3.63) is 47.0 Å². The van der Waals surface area contributed by atoms with Gasteiger partial charge in [-0.05, 0) is 50.8 Å². The van der Waals surface area contributed by atoms with Gasteiger partial charge in [-0.2, -0.15) is 5.10 Å². The summed E-state index contributed by atoms with van der Waals surface area (Å²) in [5.41, 5.74) is 1.27. The molecule has 0 aliphatic carbocycles. The molecule has 0 bridgehead atoms. The molecule has 0 spiro atoms. The summed E-state index contributed by atoms with van der Waals surface area (Å²) >= 11 is 6.16. The minimum atomic E-state index is -0.217.